The third-order valence-electron chi connectivity index (χ3n) is 8.37. The Labute approximate surface area is 259 Å². The van der Waals surface area contributed by atoms with E-state index in [2.05, 4.69) is 29.4 Å². The van der Waals surface area contributed by atoms with E-state index in [0.29, 0.717) is 29.5 Å². The summed E-state index contributed by atoms with van der Waals surface area (Å²) in [5, 5.41) is 3.90. The number of amides is 1. The Morgan fingerprint density at radius 2 is 1.86 bits per heavy atom. The first-order valence-electron chi connectivity index (χ1n) is 15.1. The lowest BCUT2D eigenvalue weighted by atomic mass is 10.0. The second kappa shape index (κ2) is 14.7. The quantitative estimate of drug-likeness (QED) is 0.178. The van der Waals surface area contributed by atoms with Crippen LogP contribution in [0.2, 0.25) is 0 Å². The standard InChI is InChI=1S/C36H41N3O3S/c1-25-21-27(18-19-35(25)42-3)32-22-30(29-15-7-8-16-31(29)37-32)36(41)38-33(24-43-23-26-11-5-4-6-12-26)34(40)17-9-13-28-14-10-20-39(28)2/h4-8,11-12,15-16,18-19,21-22,28,33H,9-10,13-14,17,20,23-24H2,1-3H3,(H,38,41). The number of rotatable bonds is 13. The molecule has 1 aromatic heterocycles. The molecule has 1 N–H and O–H groups in total. The number of hydrogen-bond donors (Lipinski definition) is 1. The third-order valence-corrected chi connectivity index (χ3v) is 9.48. The van der Waals surface area contributed by atoms with Crippen LogP contribution in [0.1, 0.15) is 53.6 Å². The zero-order valence-electron chi connectivity index (χ0n) is 25.3. The Morgan fingerprint density at radius 3 is 2.60 bits per heavy atom. The number of nitrogens with zero attached hydrogens (tertiary/aromatic N) is 2. The number of carbonyl (C=O) groups is 2. The van der Waals surface area contributed by atoms with Crippen LogP contribution in [0.15, 0.2) is 78.9 Å². The molecule has 3 aromatic carbocycles. The Balaban J connectivity index is 1.36. The Bertz CT molecular complexity index is 1560. The van der Waals surface area contributed by atoms with Gasteiger partial charge in [-0.25, -0.2) is 4.98 Å². The van der Waals surface area contributed by atoms with Crippen molar-refractivity contribution in [1.82, 2.24) is 15.2 Å². The molecule has 6 nitrogen and oxygen atoms in total. The zero-order chi connectivity index (χ0) is 30.2. The summed E-state index contributed by atoms with van der Waals surface area (Å²) >= 11 is 1.68. The number of thioether (sulfide) groups is 1. The van der Waals surface area contributed by atoms with Crippen molar-refractivity contribution in [2.24, 2.45) is 0 Å². The number of pyridine rings is 1. The summed E-state index contributed by atoms with van der Waals surface area (Å²) in [7, 11) is 3.82. The highest BCUT2D eigenvalue weighted by molar-refractivity contribution is 7.98. The van der Waals surface area contributed by atoms with Crippen LogP contribution in [0.25, 0.3) is 22.2 Å². The molecular formula is C36H41N3O3S. The Morgan fingerprint density at radius 1 is 1.07 bits per heavy atom. The molecule has 0 aliphatic carbocycles. The molecule has 2 heterocycles. The van der Waals surface area contributed by atoms with Gasteiger partial charge < -0.3 is 15.0 Å². The highest BCUT2D eigenvalue weighted by Gasteiger charge is 2.25. The first kappa shape index (κ1) is 30.8. The molecule has 4 aromatic rings. The van der Waals surface area contributed by atoms with Gasteiger partial charge in [0, 0.05) is 34.9 Å². The van der Waals surface area contributed by atoms with Gasteiger partial charge in [-0.15, -0.1) is 0 Å². The van der Waals surface area contributed by atoms with Gasteiger partial charge in [-0.2, -0.15) is 11.8 Å². The van der Waals surface area contributed by atoms with Gasteiger partial charge in [-0.05, 0) is 87.7 Å². The number of methoxy groups -OCH3 is 1. The van der Waals surface area contributed by atoms with E-state index < -0.39 is 6.04 Å². The molecule has 5 rings (SSSR count). The van der Waals surface area contributed by atoms with Crippen molar-refractivity contribution in [2.45, 2.75) is 56.9 Å². The molecule has 0 spiro atoms. The van der Waals surface area contributed by atoms with Crippen molar-refractivity contribution in [2.75, 3.05) is 26.5 Å². The number of aryl methyl sites for hydroxylation is 1. The van der Waals surface area contributed by atoms with E-state index in [1.807, 2.05) is 73.7 Å². The molecule has 1 aliphatic rings. The van der Waals surface area contributed by atoms with Crippen molar-refractivity contribution in [3.8, 4) is 17.0 Å². The average molecular weight is 596 g/mol. The maximum atomic E-state index is 14.0. The fourth-order valence-electron chi connectivity index (χ4n) is 5.90. The van der Waals surface area contributed by atoms with Crippen molar-refractivity contribution < 1.29 is 14.3 Å². The molecule has 1 saturated heterocycles. The van der Waals surface area contributed by atoms with Gasteiger partial charge in [0.1, 0.15) is 5.75 Å². The van der Waals surface area contributed by atoms with E-state index in [4.69, 9.17) is 9.72 Å². The van der Waals surface area contributed by atoms with Crippen LogP contribution in [-0.4, -0.2) is 60.1 Å². The minimum Gasteiger partial charge on any atom is -0.496 e. The molecule has 2 unspecified atom stereocenters. The monoisotopic (exact) mass is 595 g/mol. The number of ether oxygens (including phenoxy) is 1. The van der Waals surface area contributed by atoms with Crippen LogP contribution in [0.3, 0.4) is 0 Å². The number of carbonyl (C=O) groups excluding carboxylic acids is 2. The summed E-state index contributed by atoms with van der Waals surface area (Å²) in [6.07, 6.45) is 4.74. The summed E-state index contributed by atoms with van der Waals surface area (Å²) < 4.78 is 5.44. The predicted molar refractivity (Wildman–Crippen MR) is 177 cm³/mol. The van der Waals surface area contributed by atoms with Crippen LogP contribution in [-0.2, 0) is 10.5 Å². The van der Waals surface area contributed by atoms with E-state index in [9.17, 15) is 9.59 Å². The Kier molecular flexibility index (Phi) is 10.5. The third kappa shape index (κ3) is 7.84. The molecule has 1 fully saturated rings. The summed E-state index contributed by atoms with van der Waals surface area (Å²) in [6.45, 7) is 3.12. The number of likely N-dealkylation sites (tertiary alicyclic amines) is 1. The van der Waals surface area contributed by atoms with Gasteiger partial charge in [0.15, 0.2) is 5.78 Å². The average Bonchev–Trinajstić information content (AvgIpc) is 3.44. The number of hydrogen-bond acceptors (Lipinski definition) is 6. The summed E-state index contributed by atoms with van der Waals surface area (Å²) in [4.78, 5) is 34.8. The fourth-order valence-corrected chi connectivity index (χ4v) is 6.95. The molecule has 224 valence electrons. The van der Waals surface area contributed by atoms with Crippen molar-refractivity contribution in [3.63, 3.8) is 0 Å². The van der Waals surface area contributed by atoms with Gasteiger partial charge in [-0.3, -0.25) is 9.59 Å². The molecule has 0 saturated carbocycles. The van der Waals surface area contributed by atoms with Gasteiger partial charge in [-0.1, -0.05) is 48.5 Å². The Hall–Kier alpha value is -3.68. The summed E-state index contributed by atoms with van der Waals surface area (Å²) in [5.74, 6) is 1.96. The van der Waals surface area contributed by atoms with Crippen molar-refractivity contribution >= 4 is 34.4 Å². The van der Waals surface area contributed by atoms with Crippen LogP contribution in [0.5, 0.6) is 5.75 Å². The fraction of sp³-hybridized carbons (Fsp3) is 0.361. The van der Waals surface area contributed by atoms with Gasteiger partial charge >= 0.3 is 0 Å². The molecule has 1 aliphatic heterocycles. The number of nitrogens with one attached hydrogen (secondary N) is 1. The largest absolute Gasteiger partial charge is 0.496 e. The van der Waals surface area contributed by atoms with Crippen LogP contribution in [0.4, 0.5) is 0 Å². The van der Waals surface area contributed by atoms with Gasteiger partial charge in [0.25, 0.3) is 5.91 Å². The second-order valence-electron chi connectivity index (χ2n) is 11.4. The lowest BCUT2D eigenvalue weighted by molar-refractivity contribution is -0.120. The van der Waals surface area contributed by atoms with Crippen LogP contribution < -0.4 is 10.1 Å². The summed E-state index contributed by atoms with van der Waals surface area (Å²) in [5.41, 5.74) is 5.06. The number of ketones is 1. The van der Waals surface area contributed by atoms with E-state index in [1.165, 1.54) is 18.4 Å². The zero-order valence-corrected chi connectivity index (χ0v) is 26.2. The molecule has 2 atom stereocenters. The SMILES string of the molecule is COc1ccc(-c2cc(C(=O)NC(CSCc3ccccc3)C(=O)CCCC3CCCN3C)c3ccccc3n2)cc1C. The minimum absolute atomic E-state index is 0.0962. The lowest BCUT2D eigenvalue weighted by Gasteiger charge is -2.21. The van der Waals surface area contributed by atoms with E-state index in [-0.39, 0.29) is 11.7 Å². The van der Waals surface area contributed by atoms with Crippen molar-refractivity contribution in [3.05, 3.63) is 95.6 Å². The van der Waals surface area contributed by atoms with E-state index in [1.54, 1.807) is 18.9 Å². The second-order valence-corrected chi connectivity index (χ2v) is 12.4. The smallest absolute Gasteiger partial charge is 0.252 e. The number of fused-ring (bicyclic) bond motifs is 1. The lowest BCUT2D eigenvalue weighted by Crippen LogP contribution is -2.43. The van der Waals surface area contributed by atoms with Crippen molar-refractivity contribution in [1.29, 1.82) is 0 Å². The molecule has 1 amide bonds. The predicted octanol–water partition coefficient (Wildman–Crippen LogP) is 7.08. The highest BCUT2D eigenvalue weighted by Crippen LogP contribution is 2.29. The molecule has 43 heavy (non-hydrogen) atoms. The molecular weight excluding hydrogens is 554 g/mol. The molecule has 0 radical (unpaired) electrons. The number of Topliss-reactive ketones (excluding diaryl/α,β-unsaturated/α-hetero) is 1. The van der Waals surface area contributed by atoms with Gasteiger partial charge in [0.2, 0.25) is 0 Å². The van der Waals surface area contributed by atoms with Crippen LogP contribution >= 0.6 is 11.8 Å². The number of benzene rings is 3. The van der Waals surface area contributed by atoms with E-state index >= 15 is 0 Å². The number of aromatic nitrogens is 1. The molecule has 0 bridgehead atoms. The maximum absolute atomic E-state index is 14.0. The van der Waals surface area contributed by atoms with Gasteiger partial charge in [0.05, 0.1) is 29.9 Å². The normalized spacial score (nSPS) is 15.8. The van der Waals surface area contributed by atoms with E-state index in [0.717, 1.165) is 52.9 Å². The number of para-hydroxylation sites is 1. The maximum Gasteiger partial charge on any atom is 0.252 e. The first-order valence-corrected chi connectivity index (χ1v) is 16.3. The summed E-state index contributed by atoms with van der Waals surface area (Å²) in [6, 6.07) is 25.6. The molecule has 7 heteroatoms. The first-order chi connectivity index (χ1) is 20.9. The highest BCUT2D eigenvalue weighted by atomic mass is 32.2. The van der Waals surface area contributed by atoms with Crippen LogP contribution in [0, 0.1) is 6.92 Å². The minimum atomic E-state index is -0.568. The topological polar surface area (TPSA) is 71.5 Å².